The molecule has 1 aliphatic heterocycles. The van der Waals surface area contributed by atoms with Crippen LogP contribution in [0.2, 0.25) is 0 Å². The molecule has 6 nitrogen and oxygen atoms in total. The quantitative estimate of drug-likeness (QED) is 0.720. The highest BCUT2D eigenvalue weighted by molar-refractivity contribution is 6.01. The molecule has 0 fully saturated rings. The fourth-order valence-electron chi connectivity index (χ4n) is 3.12. The molecule has 3 heterocycles. The summed E-state index contributed by atoms with van der Waals surface area (Å²) in [6, 6.07) is 10.2. The van der Waals surface area contributed by atoms with Gasteiger partial charge in [0.15, 0.2) is 5.82 Å². The highest BCUT2D eigenvalue weighted by Gasteiger charge is 2.21. The Bertz CT molecular complexity index is 966. The highest BCUT2D eigenvalue weighted by Crippen LogP contribution is 2.33. The Labute approximate surface area is 145 Å². The molecule has 0 atom stereocenters. The first kappa shape index (κ1) is 15.3. The van der Waals surface area contributed by atoms with E-state index in [1.807, 2.05) is 12.1 Å². The third-order valence-electron chi connectivity index (χ3n) is 4.40. The summed E-state index contributed by atoms with van der Waals surface area (Å²) in [5.74, 6) is 1.17. The van der Waals surface area contributed by atoms with E-state index in [-0.39, 0.29) is 0 Å². The van der Waals surface area contributed by atoms with E-state index in [4.69, 9.17) is 16.1 Å². The van der Waals surface area contributed by atoms with Gasteiger partial charge in [-0.3, -0.25) is 4.98 Å². The third kappa shape index (κ3) is 2.71. The Kier molecular flexibility index (Phi) is 3.65. The fourth-order valence-corrected chi connectivity index (χ4v) is 3.12. The second kappa shape index (κ2) is 5.98. The smallest absolute Gasteiger partial charge is 0.152 e. The van der Waals surface area contributed by atoms with Gasteiger partial charge in [-0.2, -0.15) is 0 Å². The number of anilines is 3. The molecule has 0 aliphatic carbocycles. The number of nitrogen functional groups attached to an aromatic ring is 1. The average Bonchev–Trinajstić information content (AvgIpc) is 3.06. The zero-order valence-corrected chi connectivity index (χ0v) is 13.9. The van der Waals surface area contributed by atoms with Crippen molar-refractivity contribution in [1.29, 1.82) is 5.41 Å². The molecular formula is C19H18N6. The molecule has 3 N–H and O–H groups in total. The van der Waals surface area contributed by atoms with Crippen LogP contribution in [0.15, 0.2) is 48.9 Å². The Hall–Kier alpha value is -3.28. The normalized spacial score (nSPS) is 12.9. The van der Waals surface area contributed by atoms with E-state index in [1.165, 1.54) is 11.3 Å². The minimum Gasteiger partial charge on any atom is -0.383 e. The van der Waals surface area contributed by atoms with Crippen LogP contribution < -0.4 is 10.6 Å². The van der Waals surface area contributed by atoms with E-state index in [0.717, 1.165) is 30.0 Å². The lowest BCUT2D eigenvalue weighted by Crippen LogP contribution is -2.15. The number of hydrogen-bond donors (Lipinski definition) is 2. The summed E-state index contributed by atoms with van der Waals surface area (Å²) in [5, 5.41) is 7.83. The number of fused-ring (bicyclic) bond motifs is 1. The van der Waals surface area contributed by atoms with E-state index in [0.29, 0.717) is 17.1 Å². The molecule has 0 saturated carbocycles. The zero-order chi connectivity index (χ0) is 17.4. The minimum atomic E-state index is 0.355. The molecule has 0 unspecified atom stereocenters. The summed E-state index contributed by atoms with van der Waals surface area (Å²) in [6.07, 6.45) is 6.16. The largest absolute Gasteiger partial charge is 0.383 e. The van der Waals surface area contributed by atoms with E-state index in [2.05, 4.69) is 33.1 Å². The van der Waals surface area contributed by atoms with Gasteiger partial charge in [-0.15, -0.1) is 0 Å². The predicted molar refractivity (Wildman–Crippen MR) is 99.3 cm³/mol. The van der Waals surface area contributed by atoms with Gasteiger partial charge in [-0.1, -0.05) is 18.2 Å². The van der Waals surface area contributed by atoms with E-state index in [9.17, 15) is 0 Å². The van der Waals surface area contributed by atoms with Crippen molar-refractivity contribution in [3.8, 4) is 11.3 Å². The van der Waals surface area contributed by atoms with Crippen LogP contribution in [0.3, 0.4) is 0 Å². The molecule has 1 aliphatic rings. The minimum absolute atomic E-state index is 0.355. The predicted octanol–water partition coefficient (Wildman–Crippen LogP) is 3.20. The second-order valence-corrected chi connectivity index (χ2v) is 6.07. The number of nitrogens with two attached hydrogens (primary N) is 1. The third-order valence-corrected chi connectivity index (χ3v) is 4.40. The van der Waals surface area contributed by atoms with E-state index in [1.54, 1.807) is 25.5 Å². The number of nitrogens with one attached hydrogen (secondary N) is 1. The van der Waals surface area contributed by atoms with Gasteiger partial charge in [0, 0.05) is 35.3 Å². The number of benzene rings is 1. The number of nitrogens with zero attached hydrogens (tertiary/aromatic N) is 4. The summed E-state index contributed by atoms with van der Waals surface area (Å²) in [7, 11) is 0. The van der Waals surface area contributed by atoms with Gasteiger partial charge in [0.1, 0.15) is 5.82 Å². The Balaban J connectivity index is 1.74. The molecule has 6 heteroatoms. The summed E-state index contributed by atoms with van der Waals surface area (Å²) in [4.78, 5) is 15.5. The first-order valence-electron chi connectivity index (χ1n) is 8.12. The fraction of sp³-hybridized carbons (Fsp3) is 0.158. The molecule has 124 valence electrons. The summed E-state index contributed by atoms with van der Waals surface area (Å²) >= 11 is 0. The molecule has 4 rings (SSSR count). The van der Waals surface area contributed by atoms with Crippen molar-refractivity contribution in [2.75, 3.05) is 17.2 Å². The lowest BCUT2D eigenvalue weighted by atomic mass is 10.1. The zero-order valence-electron chi connectivity index (χ0n) is 13.9. The van der Waals surface area contributed by atoms with Crippen molar-refractivity contribution in [1.82, 2.24) is 15.0 Å². The first-order valence-corrected chi connectivity index (χ1v) is 8.12. The average molecular weight is 330 g/mol. The van der Waals surface area contributed by atoms with Crippen LogP contribution in [-0.2, 0) is 6.42 Å². The summed E-state index contributed by atoms with van der Waals surface area (Å²) in [5.41, 5.74) is 10.9. The molecule has 1 aromatic carbocycles. The Morgan fingerprint density at radius 2 is 2.04 bits per heavy atom. The van der Waals surface area contributed by atoms with Gasteiger partial charge < -0.3 is 16.0 Å². The van der Waals surface area contributed by atoms with Crippen molar-refractivity contribution in [2.24, 2.45) is 0 Å². The Morgan fingerprint density at radius 1 is 1.20 bits per heavy atom. The van der Waals surface area contributed by atoms with Gasteiger partial charge in [-0.25, -0.2) is 9.97 Å². The van der Waals surface area contributed by atoms with Crippen LogP contribution in [0.5, 0.6) is 0 Å². The monoisotopic (exact) mass is 330 g/mol. The number of pyridine rings is 1. The van der Waals surface area contributed by atoms with Crippen LogP contribution in [0.25, 0.3) is 11.3 Å². The maximum atomic E-state index is 7.83. The van der Waals surface area contributed by atoms with Crippen LogP contribution in [-0.4, -0.2) is 27.2 Å². The topological polar surface area (TPSA) is 91.8 Å². The lowest BCUT2D eigenvalue weighted by Gasteiger charge is -2.18. The summed E-state index contributed by atoms with van der Waals surface area (Å²) in [6.45, 7) is 2.59. The van der Waals surface area contributed by atoms with Crippen LogP contribution in [0.4, 0.5) is 17.3 Å². The lowest BCUT2D eigenvalue weighted by molar-refractivity contribution is 0.965. The van der Waals surface area contributed by atoms with Gasteiger partial charge in [0.2, 0.25) is 0 Å². The molecular weight excluding hydrogens is 312 g/mol. The van der Waals surface area contributed by atoms with Crippen LogP contribution >= 0.6 is 0 Å². The van der Waals surface area contributed by atoms with Gasteiger partial charge in [-0.05, 0) is 31.0 Å². The second-order valence-electron chi connectivity index (χ2n) is 6.07. The van der Waals surface area contributed by atoms with Crippen LogP contribution in [0, 0.1) is 5.41 Å². The van der Waals surface area contributed by atoms with Crippen molar-refractivity contribution >= 4 is 23.0 Å². The number of aromatic nitrogens is 3. The molecule has 2 aromatic heterocycles. The van der Waals surface area contributed by atoms with Crippen molar-refractivity contribution < 1.29 is 0 Å². The SMILES string of the molecule is CC(=N)c1cc(-c2cncc(N3CCc4ccccc43)n2)cnc1N. The summed E-state index contributed by atoms with van der Waals surface area (Å²) < 4.78 is 0. The molecule has 0 spiro atoms. The molecule has 0 bridgehead atoms. The molecule has 0 radical (unpaired) electrons. The molecule has 25 heavy (non-hydrogen) atoms. The van der Waals surface area contributed by atoms with Crippen LogP contribution in [0.1, 0.15) is 18.1 Å². The number of hydrogen-bond acceptors (Lipinski definition) is 6. The van der Waals surface area contributed by atoms with E-state index >= 15 is 0 Å². The first-order chi connectivity index (χ1) is 12.1. The van der Waals surface area contributed by atoms with Crippen molar-refractivity contribution in [2.45, 2.75) is 13.3 Å². The number of para-hydroxylation sites is 1. The van der Waals surface area contributed by atoms with Gasteiger partial charge in [0.05, 0.1) is 18.1 Å². The number of rotatable bonds is 3. The van der Waals surface area contributed by atoms with Gasteiger partial charge >= 0.3 is 0 Å². The molecule has 0 amide bonds. The van der Waals surface area contributed by atoms with Crippen molar-refractivity contribution in [3.05, 3.63) is 60.0 Å². The van der Waals surface area contributed by atoms with E-state index < -0.39 is 0 Å². The van der Waals surface area contributed by atoms with Crippen molar-refractivity contribution in [3.63, 3.8) is 0 Å². The maximum absolute atomic E-state index is 7.83. The molecule has 0 saturated heterocycles. The highest BCUT2D eigenvalue weighted by atomic mass is 15.2. The Morgan fingerprint density at radius 3 is 2.88 bits per heavy atom. The maximum Gasteiger partial charge on any atom is 0.152 e. The standard InChI is InChI=1S/C19H18N6/c1-12(20)15-8-14(9-23-19(15)21)16-10-22-11-18(24-16)25-7-6-13-4-2-3-5-17(13)25/h2-5,8-11,20H,6-7H2,1H3,(H2,21,23). The molecule has 3 aromatic rings. The van der Waals surface area contributed by atoms with Gasteiger partial charge in [0.25, 0.3) is 0 Å².